The molecule has 76 valence electrons. The number of aromatic carboxylic acids is 1. The summed E-state index contributed by atoms with van der Waals surface area (Å²) >= 11 is 2.16. The molecule has 3 nitrogen and oxygen atoms in total. The molecular weight excluding hydrogens is 305 g/mol. The third kappa shape index (κ3) is 1.81. The first-order valence-corrected chi connectivity index (χ1v) is 5.45. The number of carboxylic acid groups (broad SMARTS) is 1. The van der Waals surface area contributed by atoms with Gasteiger partial charge in [0.1, 0.15) is 0 Å². The van der Waals surface area contributed by atoms with Crippen LogP contribution in [0.1, 0.15) is 15.9 Å². The topological polar surface area (TPSA) is 50.2 Å². The van der Waals surface area contributed by atoms with Gasteiger partial charge >= 0.3 is 5.97 Å². The second-order valence-corrected chi connectivity index (χ2v) is 4.53. The first-order chi connectivity index (χ1) is 7.09. The van der Waals surface area contributed by atoms with E-state index in [4.69, 9.17) is 5.11 Å². The van der Waals surface area contributed by atoms with Gasteiger partial charge in [-0.3, -0.25) is 4.98 Å². The maximum Gasteiger partial charge on any atom is 0.338 e. The minimum absolute atomic E-state index is 0.295. The Hall–Kier alpha value is -1.17. The Bertz CT molecular complexity index is 552. The molecule has 0 saturated heterocycles. The molecule has 1 heterocycles. The summed E-state index contributed by atoms with van der Waals surface area (Å²) in [6.07, 6.45) is 1.68. The number of carboxylic acids is 1. The molecule has 0 aliphatic heterocycles. The number of fused-ring (bicyclic) bond motifs is 1. The molecule has 0 unspecified atom stereocenters. The third-order valence-electron chi connectivity index (χ3n) is 2.24. The van der Waals surface area contributed by atoms with Gasteiger partial charge in [-0.1, -0.05) is 12.1 Å². The second-order valence-electron chi connectivity index (χ2n) is 3.29. The van der Waals surface area contributed by atoms with Crippen molar-refractivity contribution in [1.29, 1.82) is 0 Å². The van der Waals surface area contributed by atoms with Gasteiger partial charge in [-0.25, -0.2) is 4.79 Å². The van der Waals surface area contributed by atoms with E-state index in [0.29, 0.717) is 11.1 Å². The Labute approximate surface area is 100 Å². The van der Waals surface area contributed by atoms with E-state index in [9.17, 15) is 4.79 Å². The van der Waals surface area contributed by atoms with Gasteiger partial charge < -0.3 is 5.11 Å². The predicted octanol–water partition coefficient (Wildman–Crippen LogP) is 2.85. The average Bonchev–Trinajstić information content (AvgIpc) is 2.17. The largest absolute Gasteiger partial charge is 0.478 e. The number of halogens is 1. The van der Waals surface area contributed by atoms with Gasteiger partial charge in [-0.05, 0) is 41.1 Å². The molecule has 4 heteroatoms. The van der Waals surface area contributed by atoms with Crippen molar-refractivity contribution >= 4 is 39.5 Å². The second kappa shape index (κ2) is 3.77. The van der Waals surface area contributed by atoms with Gasteiger partial charge in [0.15, 0.2) is 0 Å². The lowest BCUT2D eigenvalue weighted by Gasteiger charge is -2.05. The van der Waals surface area contributed by atoms with Gasteiger partial charge in [-0.15, -0.1) is 0 Å². The summed E-state index contributed by atoms with van der Waals surface area (Å²) < 4.78 is 1.00. The smallest absolute Gasteiger partial charge is 0.338 e. The van der Waals surface area contributed by atoms with E-state index in [0.717, 1.165) is 14.5 Å². The van der Waals surface area contributed by atoms with Crippen LogP contribution in [0.25, 0.3) is 10.9 Å². The Balaban J connectivity index is 2.88. The van der Waals surface area contributed by atoms with Gasteiger partial charge in [0, 0.05) is 15.2 Å². The molecule has 0 atom stereocenters. The first-order valence-electron chi connectivity index (χ1n) is 4.38. The molecule has 1 N–H and O–H groups in total. The Morgan fingerprint density at radius 2 is 2.20 bits per heavy atom. The summed E-state index contributed by atoms with van der Waals surface area (Å²) in [5, 5.41) is 9.96. The number of carbonyl (C=O) groups is 1. The van der Waals surface area contributed by atoms with Crippen LogP contribution in [0.2, 0.25) is 0 Å². The highest BCUT2D eigenvalue weighted by Crippen LogP contribution is 2.21. The Kier molecular flexibility index (Phi) is 2.60. The van der Waals surface area contributed by atoms with Crippen molar-refractivity contribution in [3.05, 3.63) is 39.1 Å². The molecule has 2 rings (SSSR count). The highest BCUT2D eigenvalue weighted by molar-refractivity contribution is 14.1. The number of aryl methyl sites for hydroxylation is 1. The summed E-state index contributed by atoms with van der Waals surface area (Å²) in [6.45, 7) is 1.78. The minimum atomic E-state index is -0.924. The third-order valence-corrected chi connectivity index (χ3v) is 2.83. The standard InChI is InChI=1S/C11H8INO2/c1-6-2-3-7-4-8(12)5-13-10(7)9(6)11(14)15/h2-5H,1H3,(H,14,15). The van der Waals surface area contributed by atoms with Crippen LogP contribution >= 0.6 is 22.6 Å². The van der Waals surface area contributed by atoms with E-state index in [-0.39, 0.29) is 0 Å². The minimum Gasteiger partial charge on any atom is -0.478 e. The van der Waals surface area contributed by atoms with Crippen LogP contribution in [-0.4, -0.2) is 16.1 Å². The summed E-state index contributed by atoms with van der Waals surface area (Å²) in [5.41, 5.74) is 1.59. The van der Waals surface area contributed by atoms with Crippen LogP contribution in [0.5, 0.6) is 0 Å². The van der Waals surface area contributed by atoms with E-state index in [1.165, 1.54) is 0 Å². The van der Waals surface area contributed by atoms with Crippen molar-refractivity contribution in [2.45, 2.75) is 6.92 Å². The van der Waals surface area contributed by atoms with Crippen molar-refractivity contribution in [1.82, 2.24) is 4.98 Å². The van der Waals surface area contributed by atoms with Gasteiger partial charge in [0.2, 0.25) is 0 Å². The van der Waals surface area contributed by atoms with Gasteiger partial charge in [0.05, 0.1) is 11.1 Å². The maximum atomic E-state index is 11.1. The zero-order valence-electron chi connectivity index (χ0n) is 7.99. The fourth-order valence-electron chi connectivity index (χ4n) is 1.55. The number of nitrogens with zero attached hydrogens (tertiary/aromatic N) is 1. The van der Waals surface area contributed by atoms with E-state index in [2.05, 4.69) is 27.6 Å². The monoisotopic (exact) mass is 313 g/mol. The molecule has 15 heavy (non-hydrogen) atoms. The lowest BCUT2D eigenvalue weighted by atomic mass is 10.0. The zero-order valence-corrected chi connectivity index (χ0v) is 10.1. The van der Waals surface area contributed by atoms with E-state index >= 15 is 0 Å². The summed E-state index contributed by atoms with van der Waals surface area (Å²) in [4.78, 5) is 15.3. The summed E-state index contributed by atoms with van der Waals surface area (Å²) in [5.74, 6) is -0.924. The molecule has 0 radical (unpaired) electrons. The van der Waals surface area contributed by atoms with E-state index in [1.54, 1.807) is 13.1 Å². The molecule has 0 bridgehead atoms. The highest BCUT2D eigenvalue weighted by atomic mass is 127. The van der Waals surface area contributed by atoms with Crippen LogP contribution in [0.3, 0.4) is 0 Å². The number of rotatable bonds is 1. The fraction of sp³-hybridized carbons (Fsp3) is 0.0909. The van der Waals surface area contributed by atoms with Crippen LogP contribution in [0.4, 0.5) is 0 Å². The normalized spacial score (nSPS) is 10.5. The lowest BCUT2D eigenvalue weighted by Crippen LogP contribution is -2.02. The Morgan fingerprint density at radius 3 is 2.87 bits per heavy atom. The number of aromatic nitrogens is 1. The van der Waals surface area contributed by atoms with Crippen molar-refractivity contribution in [3.8, 4) is 0 Å². The summed E-state index contributed by atoms with van der Waals surface area (Å²) in [7, 11) is 0. The van der Waals surface area contributed by atoms with Crippen LogP contribution in [0, 0.1) is 10.5 Å². The van der Waals surface area contributed by atoms with E-state index < -0.39 is 5.97 Å². The first kappa shape index (κ1) is 10.4. The van der Waals surface area contributed by atoms with Crippen molar-refractivity contribution in [2.24, 2.45) is 0 Å². The number of benzene rings is 1. The quantitative estimate of drug-likeness (QED) is 0.824. The van der Waals surface area contributed by atoms with Gasteiger partial charge in [-0.2, -0.15) is 0 Å². The molecule has 0 aliphatic rings. The molecular formula is C11H8INO2. The molecule has 1 aromatic carbocycles. The Morgan fingerprint density at radius 1 is 1.47 bits per heavy atom. The van der Waals surface area contributed by atoms with Crippen molar-refractivity contribution in [2.75, 3.05) is 0 Å². The molecule has 1 aromatic heterocycles. The molecule has 2 aromatic rings. The number of hydrogen-bond acceptors (Lipinski definition) is 2. The number of hydrogen-bond donors (Lipinski definition) is 1. The van der Waals surface area contributed by atoms with Crippen LogP contribution in [0.15, 0.2) is 24.4 Å². The number of pyridine rings is 1. The molecule has 0 spiro atoms. The fourth-order valence-corrected chi connectivity index (χ4v) is 2.02. The van der Waals surface area contributed by atoms with Crippen LogP contribution < -0.4 is 0 Å². The SMILES string of the molecule is Cc1ccc2cc(I)cnc2c1C(=O)O. The summed E-state index contributed by atoms with van der Waals surface area (Å²) in [6, 6.07) is 5.63. The van der Waals surface area contributed by atoms with Crippen LogP contribution in [-0.2, 0) is 0 Å². The maximum absolute atomic E-state index is 11.1. The van der Waals surface area contributed by atoms with Crippen molar-refractivity contribution < 1.29 is 9.90 Å². The van der Waals surface area contributed by atoms with E-state index in [1.807, 2.05) is 18.2 Å². The van der Waals surface area contributed by atoms with Crippen molar-refractivity contribution in [3.63, 3.8) is 0 Å². The molecule has 0 saturated carbocycles. The average molecular weight is 313 g/mol. The van der Waals surface area contributed by atoms with Gasteiger partial charge in [0.25, 0.3) is 0 Å². The zero-order chi connectivity index (χ0) is 11.0. The molecule has 0 amide bonds. The lowest BCUT2D eigenvalue weighted by molar-refractivity contribution is 0.0698. The predicted molar refractivity (Wildman–Crippen MR) is 66.2 cm³/mol. The molecule has 0 aliphatic carbocycles. The highest BCUT2D eigenvalue weighted by Gasteiger charge is 2.12. The molecule has 0 fully saturated rings.